The Bertz CT molecular complexity index is 1110. The molecule has 0 radical (unpaired) electrons. The molecule has 1 amide bonds. The van der Waals surface area contributed by atoms with Crippen molar-refractivity contribution in [2.24, 2.45) is 5.92 Å². The van der Waals surface area contributed by atoms with Gasteiger partial charge in [0.1, 0.15) is 12.0 Å². The van der Waals surface area contributed by atoms with Gasteiger partial charge in [-0.15, -0.1) is 0 Å². The Kier molecular flexibility index (Phi) is 8.29. The molecule has 5 rings (SSSR count). The highest BCUT2D eigenvalue weighted by atomic mass is 16.4. The summed E-state index contributed by atoms with van der Waals surface area (Å²) in [6.45, 7) is 11.6. The first-order valence-corrected chi connectivity index (χ1v) is 14.5. The van der Waals surface area contributed by atoms with Crippen LogP contribution in [0.15, 0.2) is 48.2 Å². The zero-order valence-electron chi connectivity index (χ0n) is 23.2. The molecule has 1 aromatic heterocycles. The minimum atomic E-state index is -0.832. The van der Waals surface area contributed by atoms with Crippen LogP contribution < -0.4 is 5.32 Å². The summed E-state index contributed by atoms with van der Waals surface area (Å²) < 4.78 is 0. The van der Waals surface area contributed by atoms with Gasteiger partial charge in [0.05, 0.1) is 11.7 Å². The first-order valence-electron chi connectivity index (χ1n) is 14.5. The maximum Gasteiger partial charge on any atom is 0.408 e. The van der Waals surface area contributed by atoms with Crippen LogP contribution in [0.4, 0.5) is 10.6 Å². The highest BCUT2D eigenvalue weighted by molar-refractivity contribution is 5.82. The third-order valence-corrected chi connectivity index (χ3v) is 8.55. The van der Waals surface area contributed by atoms with Crippen molar-refractivity contribution in [3.05, 3.63) is 59.3 Å². The van der Waals surface area contributed by atoms with Crippen molar-refractivity contribution in [3.63, 3.8) is 0 Å². The number of piperidine rings is 1. The molecule has 4 heterocycles. The highest BCUT2D eigenvalue weighted by Crippen LogP contribution is 2.45. The third-order valence-electron chi connectivity index (χ3n) is 8.55. The van der Waals surface area contributed by atoms with Crippen LogP contribution in [0.3, 0.4) is 0 Å². The lowest BCUT2D eigenvalue weighted by atomic mass is 9.91. The Balaban J connectivity index is 1.49. The van der Waals surface area contributed by atoms with Crippen LogP contribution >= 0.6 is 0 Å². The summed E-state index contributed by atoms with van der Waals surface area (Å²) in [5, 5.41) is 18.8. The Morgan fingerprint density at radius 1 is 1.13 bits per heavy atom. The van der Waals surface area contributed by atoms with Gasteiger partial charge < -0.3 is 15.4 Å². The number of likely N-dealkylation sites (N-methyl/N-ethyl adjacent to an activating group) is 1. The number of benzene rings is 1. The standard InChI is InChI=1S/C30H44N6O2/c1-4-6-7-11-17-34(30(37)38)29-25-19-32-28-24(14-16-31-28)27(25)36(35(29)5-2)26-21-33(18-15-22(26)3)20-23-12-9-8-10-13-23/h8-10,12-14,16,22,26,29,31-32H,4-7,11,15,17-21H2,1-3H3,(H,37,38)/t22-,26-,29?/m0/s1. The number of unbranched alkanes of at least 4 members (excludes halogenated alkanes) is 3. The molecule has 1 fully saturated rings. The predicted octanol–water partition coefficient (Wildman–Crippen LogP) is 5.50. The topological polar surface area (TPSA) is 78.1 Å². The average molecular weight is 521 g/mol. The van der Waals surface area contributed by atoms with Gasteiger partial charge in [0.15, 0.2) is 0 Å². The molecule has 0 saturated carbocycles. The van der Waals surface area contributed by atoms with Crippen molar-refractivity contribution in [1.82, 2.24) is 24.8 Å². The SMILES string of the molecule is CCCCCCN(C(=O)O)C1C2=C(c3cc[nH]c3NC2)N([C@H]2CN(Cc3ccccc3)CC[C@@H]2C)N1CC. The quantitative estimate of drug-likeness (QED) is 0.359. The number of amides is 1. The second-order valence-corrected chi connectivity index (χ2v) is 11.1. The number of rotatable bonds is 10. The maximum atomic E-state index is 12.7. The van der Waals surface area contributed by atoms with E-state index in [4.69, 9.17) is 0 Å². The summed E-state index contributed by atoms with van der Waals surface area (Å²) in [4.78, 5) is 20.3. The first kappa shape index (κ1) is 26.6. The van der Waals surface area contributed by atoms with E-state index in [1.165, 1.54) is 16.8 Å². The summed E-state index contributed by atoms with van der Waals surface area (Å²) in [7, 11) is 0. The van der Waals surface area contributed by atoms with E-state index in [0.29, 0.717) is 19.0 Å². The molecule has 3 N–H and O–H groups in total. The lowest BCUT2D eigenvalue weighted by molar-refractivity contribution is -0.0825. The Labute approximate surface area is 227 Å². The van der Waals surface area contributed by atoms with Gasteiger partial charge in [-0.3, -0.25) is 14.8 Å². The number of aromatic nitrogens is 1. The summed E-state index contributed by atoms with van der Waals surface area (Å²) in [5.41, 5.74) is 4.86. The van der Waals surface area contributed by atoms with Crippen molar-refractivity contribution in [1.29, 1.82) is 0 Å². The molecular weight excluding hydrogens is 476 g/mol. The van der Waals surface area contributed by atoms with Gasteiger partial charge in [-0.05, 0) is 36.9 Å². The van der Waals surface area contributed by atoms with Crippen LogP contribution in [0, 0.1) is 5.92 Å². The van der Waals surface area contributed by atoms with E-state index >= 15 is 0 Å². The van der Waals surface area contributed by atoms with E-state index in [1.54, 1.807) is 4.90 Å². The monoisotopic (exact) mass is 520 g/mol. The fourth-order valence-electron chi connectivity index (χ4n) is 6.54. The first-order chi connectivity index (χ1) is 18.5. The van der Waals surface area contributed by atoms with Crippen LogP contribution in [0.1, 0.15) is 64.0 Å². The van der Waals surface area contributed by atoms with E-state index in [-0.39, 0.29) is 12.2 Å². The number of hydrogen-bond donors (Lipinski definition) is 3. The average Bonchev–Trinajstić information content (AvgIpc) is 3.52. The van der Waals surface area contributed by atoms with Gasteiger partial charge in [0.25, 0.3) is 0 Å². The number of nitrogens with one attached hydrogen (secondary N) is 2. The molecule has 3 atom stereocenters. The summed E-state index contributed by atoms with van der Waals surface area (Å²) in [6.07, 6.45) is 6.22. The second kappa shape index (κ2) is 11.8. The van der Waals surface area contributed by atoms with E-state index in [1.807, 2.05) is 6.20 Å². The van der Waals surface area contributed by atoms with Crippen LogP contribution in [0.5, 0.6) is 0 Å². The van der Waals surface area contributed by atoms with Crippen LogP contribution in [0.2, 0.25) is 0 Å². The molecular formula is C30H44N6O2. The molecule has 3 aliphatic rings. The minimum absolute atomic E-state index is 0.263. The van der Waals surface area contributed by atoms with Crippen molar-refractivity contribution in [2.75, 3.05) is 38.0 Å². The number of nitrogens with zero attached hydrogens (tertiary/aromatic N) is 4. The smallest absolute Gasteiger partial charge is 0.408 e. The molecule has 0 aliphatic carbocycles. The van der Waals surface area contributed by atoms with E-state index < -0.39 is 6.09 Å². The van der Waals surface area contributed by atoms with Gasteiger partial charge in [0.2, 0.25) is 0 Å². The lowest BCUT2D eigenvalue weighted by Crippen LogP contribution is -2.59. The van der Waals surface area contributed by atoms with Crippen LogP contribution in [-0.2, 0) is 6.54 Å². The number of hydrazine groups is 1. The molecule has 8 heteroatoms. The Hall–Kier alpha value is -2.97. The largest absolute Gasteiger partial charge is 0.465 e. The fourth-order valence-corrected chi connectivity index (χ4v) is 6.54. The van der Waals surface area contributed by atoms with E-state index in [2.05, 4.69) is 82.4 Å². The highest BCUT2D eigenvalue weighted by Gasteiger charge is 2.49. The number of fused-ring (bicyclic) bond motifs is 2. The second-order valence-electron chi connectivity index (χ2n) is 11.1. The molecule has 1 saturated heterocycles. The van der Waals surface area contributed by atoms with Gasteiger partial charge in [-0.25, -0.2) is 4.79 Å². The number of carboxylic acid groups (broad SMARTS) is 1. The van der Waals surface area contributed by atoms with Gasteiger partial charge >= 0.3 is 6.09 Å². The van der Waals surface area contributed by atoms with Crippen LogP contribution in [0.25, 0.3) is 5.70 Å². The predicted molar refractivity (Wildman–Crippen MR) is 152 cm³/mol. The number of carbonyl (C=O) groups is 1. The van der Waals surface area contributed by atoms with Gasteiger partial charge in [-0.2, -0.15) is 5.01 Å². The molecule has 38 heavy (non-hydrogen) atoms. The van der Waals surface area contributed by atoms with Crippen molar-refractivity contribution in [2.45, 2.75) is 71.6 Å². The molecule has 0 bridgehead atoms. The van der Waals surface area contributed by atoms with Gasteiger partial charge in [-0.1, -0.05) is 70.4 Å². The van der Waals surface area contributed by atoms with Crippen molar-refractivity contribution in [3.8, 4) is 0 Å². The Morgan fingerprint density at radius 3 is 2.68 bits per heavy atom. The number of aromatic amines is 1. The van der Waals surface area contributed by atoms with E-state index in [9.17, 15) is 9.90 Å². The van der Waals surface area contributed by atoms with Crippen LogP contribution in [-0.4, -0.2) is 80.9 Å². The summed E-state index contributed by atoms with van der Waals surface area (Å²) in [6, 6.07) is 13.1. The number of likely N-dealkylation sites (tertiary alicyclic amines) is 1. The third kappa shape index (κ3) is 5.16. The van der Waals surface area contributed by atoms with Gasteiger partial charge in [0, 0.05) is 50.1 Å². The normalized spacial score (nSPS) is 23.8. The minimum Gasteiger partial charge on any atom is -0.465 e. The molecule has 0 spiro atoms. The summed E-state index contributed by atoms with van der Waals surface area (Å²) >= 11 is 0. The number of hydrogen-bond acceptors (Lipinski definition) is 5. The summed E-state index contributed by atoms with van der Waals surface area (Å²) in [5.74, 6) is 1.52. The number of anilines is 1. The molecule has 206 valence electrons. The fraction of sp³-hybridized carbons (Fsp3) is 0.567. The number of H-pyrrole nitrogens is 1. The molecule has 1 unspecified atom stereocenters. The molecule has 1 aromatic carbocycles. The maximum absolute atomic E-state index is 12.7. The zero-order chi connectivity index (χ0) is 26.6. The van der Waals surface area contributed by atoms with Crippen molar-refractivity contribution < 1.29 is 9.90 Å². The van der Waals surface area contributed by atoms with E-state index in [0.717, 1.165) is 69.7 Å². The molecule has 2 aromatic rings. The van der Waals surface area contributed by atoms with Crippen molar-refractivity contribution >= 4 is 17.6 Å². The molecule has 3 aliphatic heterocycles. The zero-order valence-corrected chi connectivity index (χ0v) is 23.2. The molecule has 8 nitrogen and oxygen atoms in total. The lowest BCUT2D eigenvalue weighted by Gasteiger charge is -2.48. The Morgan fingerprint density at radius 2 is 1.95 bits per heavy atom.